The highest BCUT2D eigenvalue weighted by molar-refractivity contribution is 6.13. The van der Waals surface area contributed by atoms with Crippen LogP contribution in [-0.2, 0) is 31.0 Å². The summed E-state index contributed by atoms with van der Waals surface area (Å²) in [7, 11) is 0. The van der Waals surface area contributed by atoms with E-state index in [-0.39, 0.29) is 36.3 Å². The van der Waals surface area contributed by atoms with Crippen LogP contribution in [0.5, 0.6) is 11.5 Å². The number of amides is 4. The molecule has 54 heavy (non-hydrogen) atoms. The number of phenolic OH excluding ortho intramolecular Hbond substituents is 2. The third kappa shape index (κ3) is 4.98. The van der Waals surface area contributed by atoms with E-state index in [0.29, 0.717) is 29.7 Å². The zero-order valence-corrected chi connectivity index (χ0v) is 29.7. The monoisotopic (exact) mass is 717 g/mol. The first-order chi connectivity index (χ1) is 26.2. The van der Waals surface area contributed by atoms with Crippen molar-refractivity contribution in [2.24, 2.45) is 23.7 Å². The predicted molar refractivity (Wildman–Crippen MR) is 203 cm³/mol. The van der Waals surface area contributed by atoms with Gasteiger partial charge in [0.05, 0.1) is 28.9 Å². The van der Waals surface area contributed by atoms with E-state index in [9.17, 15) is 24.6 Å². The number of aryl methyl sites for hydroxylation is 1. The first kappa shape index (κ1) is 33.6. The minimum atomic E-state index is -1.49. The lowest BCUT2D eigenvalue weighted by molar-refractivity contribution is -0.141. The molecule has 270 valence electrons. The van der Waals surface area contributed by atoms with E-state index in [0.717, 1.165) is 32.5 Å². The van der Waals surface area contributed by atoms with Crippen LogP contribution in [0.2, 0.25) is 0 Å². The van der Waals surface area contributed by atoms with Gasteiger partial charge in [-0.15, -0.1) is 0 Å². The van der Waals surface area contributed by atoms with Gasteiger partial charge in [-0.1, -0.05) is 102 Å². The average Bonchev–Trinajstić information content (AvgIpc) is 3.56. The van der Waals surface area contributed by atoms with Gasteiger partial charge in [0.1, 0.15) is 11.5 Å². The molecule has 2 saturated heterocycles. The number of hydrogen-bond donors (Lipinski definition) is 3. The number of hydrazine groups is 1. The molecule has 5 aromatic rings. The second-order valence-corrected chi connectivity index (χ2v) is 15.1. The van der Waals surface area contributed by atoms with Crippen LogP contribution < -0.4 is 5.43 Å². The molecule has 9 nitrogen and oxygen atoms in total. The second kappa shape index (κ2) is 12.7. The van der Waals surface area contributed by atoms with E-state index in [4.69, 9.17) is 0 Å². The minimum absolute atomic E-state index is 0.00836. The highest BCUT2D eigenvalue weighted by atomic mass is 16.3. The topological polar surface area (TPSA) is 127 Å². The van der Waals surface area contributed by atoms with Gasteiger partial charge in [-0.3, -0.25) is 29.5 Å². The van der Waals surface area contributed by atoms with Gasteiger partial charge >= 0.3 is 0 Å². The number of benzene rings is 5. The summed E-state index contributed by atoms with van der Waals surface area (Å²) >= 11 is 0. The molecule has 2 heterocycles. The number of anilines is 1. The van der Waals surface area contributed by atoms with Gasteiger partial charge in [0.25, 0.3) is 11.8 Å². The van der Waals surface area contributed by atoms with Crippen LogP contribution in [0.25, 0.3) is 10.8 Å². The van der Waals surface area contributed by atoms with Crippen LogP contribution in [0.3, 0.4) is 0 Å². The van der Waals surface area contributed by atoms with E-state index >= 15 is 4.79 Å². The Hall–Kier alpha value is -6.22. The Balaban J connectivity index is 1.21. The number of fused-ring (bicyclic) bond motifs is 5. The molecule has 6 atom stereocenters. The van der Waals surface area contributed by atoms with Gasteiger partial charge < -0.3 is 10.2 Å². The van der Waals surface area contributed by atoms with E-state index in [1.165, 1.54) is 4.90 Å². The van der Waals surface area contributed by atoms with E-state index in [1.807, 2.05) is 97.9 Å². The van der Waals surface area contributed by atoms with E-state index in [1.54, 1.807) is 30.3 Å². The maximum atomic E-state index is 15.5. The van der Waals surface area contributed by atoms with Crippen molar-refractivity contribution in [3.63, 3.8) is 0 Å². The second-order valence-electron chi connectivity index (χ2n) is 15.1. The zero-order valence-electron chi connectivity index (χ0n) is 29.7. The van der Waals surface area contributed by atoms with E-state index in [2.05, 4.69) is 5.43 Å². The largest absolute Gasteiger partial charge is 0.508 e. The van der Waals surface area contributed by atoms with Crippen molar-refractivity contribution in [2.75, 3.05) is 12.0 Å². The molecule has 4 aliphatic rings. The van der Waals surface area contributed by atoms with Crippen LogP contribution in [-0.4, -0.2) is 50.3 Å². The van der Waals surface area contributed by atoms with Gasteiger partial charge in [0, 0.05) is 18.0 Å². The molecule has 9 rings (SSSR count). The molecule has 0 spiro atoms. The number of nitrogens with zero attached hydrogens (tertiary/aromatic N) is 2. The van der Waals surface area contributed by atoms with Crippen molar-refractivity contribution < 1.29 is 29.4 Å². The lowest BCUT2D eigenvalue weighted by Crippen LogP contribution is -2.53. The van der Waals surface area contributed by atoms with Crippen LogP contribution in [0.1, 0.15) is 41.0 Å². The SMILES string of the molecule is Cc1ccc(NN2C(=O)[C@@H]3C[C@@H]4C(=CC[C@@H]5C(=O)N(CCc6ccc(O)cc6)C(=O)[C@@H]54)[C@H](c4c(O)ccc5ccccc45)[C@]3(c3ccccc3)C2=O)cc1. The standard InChI is InChI=1S/C45H39N3O6/c1-26-11-16-30(17-12-26)46-48-42(52)36-25-35-33(20-21-34-38(35)43(53)47(41(34)51)24-23-27-13-18-31(49)19-14-27)40(45(36,44(48)54)29-8-3-2-4-9-29)39-32-10-6-5-7-28(32)15-22-37(39)50/h2-20,22,34-36,38,40,46,49-50H,21,23-25H2,1H3/t34-,35+,36-,38-,40+,45+/m0/s1. The van der Waals surface area contributed by atoms with Gasteiger partial charge in [0.2, 0.25) is 11.8 Å². The number of nitrogens with one attached hydrogen (secondary N) is 1. The molecular formula is C45H39N3O6. The Labute approximate surface area is 312 Å². The molecule has 0 aromatic heterocycles. The molecular weight excluding hydrogens is 679 g/mol. The maximum absolute atomic E-state index is 15.5. The van der Waals surface area contributed by atoms with Gasteiger partial charge in [-0.25, -0.2) is 0 Å². The maximum Gasteiger partial charge on any atom is 0.260 e. The molecule has 5 aromatic carbocycles. The molecule has 2 aliphatic carbocycles. The number of allylic oxidation sites excluding steroid dienone is 2. The third-order valence-electron chi connectivity index (χ3n) is 12.3. The highest BCUT2D eigenvalue weighted by Gasteiger charge is 2.70. The first-order valence-corrected chi connectivity index (χ1v) is 18.5. The highest BCUT2D eigenvalue weighted by Crippen LogP contribution is 2.65. The van der Waals surface area contributed by atoms with E-state index < -0.39 is 46.8 Å². The van der Waals surface area contributed by atoms with Gasteiger partial charge in [-0.2, -0.15) is 5.01 Å². The van der Waals surface area contributed by atoms with Crippen molar-refractivity contribution in [1.82, 2.24) is 9.91 Å². The Morgan fingerprint density at radius 3 is 2.24 bits per heavy atom. The fourth-order valence-electron chi connectivity index (χ4n) is 9.84. The molecule has 0 unspecified atom stereocenters. The lowest BCUT2D eigenvalue weighted by atomic mass is 9.48. The summed E-state index contributed by atoms with van der Waals surface area (Å²) < 4.78 is 0. The number of carbonyl (C=O) groups is 4. The molecule has 0 bridgehead atoms. The number of hydrogen-bond acceptors (Lipinski definition) is 7. The van der Waals surface area contributed by atoms with Crippen LogP contribution in [0.15, 0.2) is 127 Å². The summed E-state index contributed by atoms with van der Waals surface area (Å²) in [5, 5.41) is 24.4. The lowest BCUT2D eigenvalue weighted by Gasteiger charge is -2.51. The predicted octanol–water partition coefficient (Wildman–Crippen LogP) is 6.79. The fraction of sp³-hybridized carbons (Fsp3) is 0.244. The van der Waals surface area contributed by atoms with Gasteiger partial charge in [-0.05, 0) is 84.3 Å². The van der Waals surface area contributed by atoms with Crippen LogP contribution in [0, 0.1) is 30.6 Å². The quantitative estimate of drug-likeness (QED) is 0.125. The van der Waals surface area contributed by atoms with Crippen molar-refractivity contribution >= 4 is 40.1 Å². The fourth-order valence-corrected chi connectivity index (χ4v) is 9.84. The first-order valence-electron chi connectivity index (χ1n) is 18.5. The van der Waals surface area contributed by atoms with Crippen molar-refractivity contribution in [2.45, 2.75) is 37.5 Å². The number of likely N-dealkylation sites (tertiary alicyclic amines) is 1. The summed E-state index contributed by atoms with van der Waals surface area (Å²) in [6.45, 7) is 2.15. The Kier molecular flexibility index (Phi) is 7.92. The van der Waals surface area contributed by atoms with Gasteiger partial charge in [0.15, 0.2) is 0 Å². The summed E-state index contributed by atoms with van der Waals surface area (Å²) in [6, 6.07) is 34.7. The summed E-state index contributed by atoms with van der Waals surface area (Å²) in [4.78, 5) is 60.4. The van der Waals surface area contributed by atoms with Crippen LogP contribution >= 0.6 is 0 Å². The number of phenols is 2. The molecule has 4 amide bonds. The molecule has 0 radical (unpaired) electrons. The number of carbonyl (C=O) groups excluding carboxylic acids is 4. The number of imide groups is 2. The summed E-state index contributed by atoms with van der Waals surface area (Å²) in [6.07, 6.45) is 2.91. The molecule has 9 heteroatoms. The number of rotatable bonds is 7. The zero-order chi connectivity index (χ0) is 37.3. The van der Waals surface area contributed by atoms with Crippen LogP contribution in [0.4, 0.5) is 5.69 Å². The summed E-state index contributed by atoms with van der Waals surface area (Å²) in [5.41, 5.74) is 6.09. The summed E-state index contributed by atoms with van der Waals surface area (Å²) in [5.74, 6) is -4.89. The minimum Gasteiger partial charge on any atom is -0.508 e. The number of aromatic hydroxyl groups is 2. The van der Waals surface area contributed by atoms with Crippen molar-refractivity contribution in [3.05, 3.63) is 149 Å². The molecule has 3 N–H and O–H groups in total. The van der Waals surface area contributed by atoms with Crippen molar-refractivity contribution in [1.29, 1.82) is 0 Å². The Morgan fingerprint density at radius 1 is 0.759 bits per heavy atom. The Morgan fingerprint density at radius 2 is 1.48 bits per heavy atom. The molecule has 3 fully saturated rings. The molecule has 1 saturated carbocycles. The third-order valence-corrected chi connectivity index (χ3v) is 12.3. The molecule has 2 aliphatic heterocycles. The van der Waals surface area contributed by atoms with Crippen molar-refractivity contribution in [3.8, 4) is 11.5 Å². The average molecular weight is 718 g/mol. The smallest absolute Gasteiger partial charge is 0.260 e. The Bertz CT molecular complexity index is 2370. The normalized spacial score (nSPS) is 26.1.